The molecule has 0 radical (unpaired) electrons. The topological polar surface area (TPSA) is 78.9 Å². The third-order valence-corrected chi connectivity index (χ3v) is 6.05. The molecule has 8 heteroatoms. The zero-order valence-electron chi connectivity index (χ0n) is 18.2. The number of hydrogen-bond acceptors (Lipinski definition) is 6. The smallest absolute Gasteiger partial charge is 0.238 e. The second-order valence-corrected chi connectivity index (χ2v) is 8.20. The van der Waals surface area contributed by atoms with E-state index >= 15 is 0 Å². The van der Waals surface area contributed by atoms with E-state index in [1.807, 2.05) is 71.6 Å². The van der Waals surface area contributed by atoms with Crippen LogP contribution in [0.15, 0.2) is 72.8 Å². The van der Waals surface area contributed by atoms with Crippen LogP contribution in [0.25, 0.3) is 0 Å². The van der Waals surface area contributed by atoms with Crippen molar-refractivity contribution >= 4 is 23.3 Å². The average molecular weight is 444 g/mol. The van der Waals surface area contributed by atoms with Crippen molar-refractivity contribution in [3.05, 3.63) is 72.8 Å². The Morgan fingerprint density at radius 1 is 0.848 bits per heavy atom. The Labute approximate surface area is 192 Å². The molecule has 3 heterocycles. The third kappa shape index (κ3) is 4.64. The zero-order valence-corrected chi connectivity index (χ0v) is 18.2. The van der Waals surface area contributed by atoms with Gasteiger partial charge in [-0.2, -0.15) is 0 Å². The fraction of sp³-hybridized carbons (Fsp3) is 0.280. The molecule has 1 atom stereocenters. The number of rotatable bonds is 5. The Kier molecular flexibility index (Phi) is 5.89. The van der Waals surface area contributed by atoms with Crippen LogP contribution in [-0.2, 0) is 9.59 Å². The summed E-state index contributed by atoms with van der Waals surface area (Å²) in [6, 6.07) is 22.7. The van der Waals surface area contributed by atoms with Crippen molar-refractivity contribution in [3.8, 4) is 11.6 Å². The van der Waals surface area contributed by atoms with Crippen LogP contribution in [0.2, 0.25) is 0 Å². The molecule has 2 fully saturated rings. The molecule has 33 heavy (non-hydrogen) atoms. The van der Waals surface area contributed by atoms with Gasteiger partial charge in [0.1, 0.15) is 5.75 Å². The summed E-state index contributed by atoms with van der Waals surface area (Å²) in [6.07, 6.45) is 0.266. The number of ether oxygens (including phenoxy) is 1. The summed E-state index contributed by atoms with van der Waals surface area (Å²) in [5.74, 6) is 1.67. The highest BCUT2D eigenvalue weighted by Gasteiger charge is 2.38. The van der Waals surface area contributed by atoms with E-state index < -0.39 is 0 Å². The molecule has 0 saturated carbocycles. The van der Waals surface area contributed by atoms with Gasteiger partial charge < -0.3 is 19.4 Å². The summed E-state index contributed by atoms with van der Waals surface area (Å²) >= 11 is 0. The van der Waals surface area contributed by atoms with Crippen molar-refractivity contribution in [2.24, 2.45) is 5.92 Å². The maximum atomic E-state index is 13.1. The lowest BCUT2D eigenvalue weighted by Gasteiger charge is -2.36. The van der Waals surface area contributed by atoms with Gasteiger partial charge in [-0.15, -0.1) is 10.2 Å². The number of anilines is 2. The quantitative estimate of drug-likeness (QED) is 0.603. The first kappa shape index (κ1) is 20.9. The zero-order chi connectivity index (χ0) is 22.6. The monoisotopic (exact) mass is 443 g/mol. The second-order valence-electron chi connectivity index (χ2n) is 8.20. The van der Waals surface area contributed by atoms with Crippen molar-refractivity contribution in [1.29, 1.82) is 0 Å². The molecule has 1 unspecified atom stereocenters. The fourth-order valence-corrected chi connectivity index (χ4v) is 4.29. The minimum Gasteiger partial charge on any atom is -0.438 e. The first-order valence-electron chi connectivity index (χ1n) is 11.1. The first-order valence-corrected chi connectivity index (χ1v) is 11.1. The lowest BCUT2D eigenvalue weighted by molar-refractivity contribution is -0.136. The number of benzene rings is 2. The summed E-state index contributed by atoms with van der Waals surface area (Å²) in [5.41, 5.74) is 0.848. The van der Waals surface area contributed by atoms with Crippen molar-refractivity contribution in [2.45, 2.75) is 6.42 Å². The number of para-hydroxylation sites is 2. The van der Waals surface area contributed by atoms with E-state index in [0.29, 0.717) is 44.4 Å². The van der Waals surface area contributed by atoms with Gasteiger partial charge in [0.05, 0.1) is 5.92 Å². The van der Waals surface area contributed by atoms with E-state index in [4.69, 9.17) is 4.74 Å². The minimum atomic E-state index is -0.293. The molecule has 2 aromatic carbocycles. The van der Waals surface area contributed by atoms with Crippen LogP contribution in [0, 0.1) is 5.92 Å². The molecule has 3 aromatic rings. The SMILES string of the molecule is O=C(C1CC(=O)N(c2ccccc2)C1)N1CCN(c2ccc(Oc3ccccc3)nn2)CC1. The van der Waals surface area contributed by atoms with Gasteiger partial charge in [-0.1, -0.05) is 36.4 Å². The highest BCUT2D eigenvalue weighted by atomic mass is 16.5. The largest absolute Gasteiger partial charge is 0.438 e. The molecular formula is C25H25N5O3. The lowest BCUT2D eigenvalue weighted by Crippen LogP contribution is -2.51. The number of nitrogens with zero attached hydrogens (tertiary/aromatic N) is 5. The van der Waals surface area contributed by atoms with Crippen molar-refractivity contribution < 1.29 is 14.3 Å². The molecule has 8 nitrogen and oxygen atoms in total. The van der Waals surface area contributed by atoms with Crippen LogP contribution in [0.5, 0.6) is 11.6 Å². The summed E-state index contributed by atoms with van der Waals surface area (Å²) in [5, 5.41) is 8.47. The average Bonchev–Trinajstić information content (AvgIpc) is 3.27. The van der Waals surface area contributed by atoms with Gasteiger partial charge in [0.2, 0.25) is 17.7 Å². The Hall–Kier alpha value is -3.94. The molecule has 0 N–H and O–H groups in total. The Balaban J connectivity index is 1.15. The second kappa shape index (κ2) is 9.28. The molecule has 2 aliphatic rings. The molecular weight excluding hydrogens is 418 g/mol. The maximum absolute atomic E-state index is 13.1. The van der Waals surface area contributed by atoms with Crippen LogP contribution in [0.3, 0.4) is 0 Å². The fourth-order valence-electron chi connectivity index (χ4n) is 4.29. The van der Waals surface area contributed by atoms with E-state index in [1.54, 1.807) is 11.0 Å². The van der Waals surface area contributed by atoms with Crippen LogP contribution >= 0.6 is 0 Å². The van der Waals surface area contributed by atoms with Gasteiger partial charge in [-0.05, 0) is 30.3 Å². The molecule has 1 aromatic heterocycles. The lowest BCUT2D eigenvalue weighted by atomic mass is 10.1. The Morgan fingerprint density at radius 3 is 2.21 bits per heavy atom. The summed E-state index contributed by atoms with van der Waals surface area (Å²) in [6.45, 7) is 2.97. The van der Waals surface area contributed by atoms with Crippen molar-refractivity contribution in [1.82, 2.24) is 15.1 Å². The maximum Gasteiger partial charge on any atom is 0.238 e. The Morgan fingerprint density at radius 2 is 1.55 bits per heavy atom. The van der Waals surface area contributed by atoms with Gasteiger partial charge >= 0.3 is 0 Å². The van der Waals surface area contributed by atoms with Gasteiger partial charge in [0.15, 0.2) is 5.82 Å². The molecule has 0 bridgehead atoms. The van der Waals surface area contributed by atoms with E-state index in [9.17, 15) is 9.59 Å². The Bertz CT molecular complexity index is 1100. The third-order valence-electron chi connectivity index (χ3n) is 6.05. The first-order chi connectivity index (χ1) is 16.2. The predicted octanol–water partition coefficient (Wildman–Crippen LogP) is 2.97. The van der Waals surface area contributed by atoms with E-state index in [1.165, 1.54) is 0 Å². The van der Waals surface area contributed by atoms with E-state index in [0.717, 1.165) is 11.5 Å². The van der Waals surface area contributed by atoms with E-state index in [-0.39, 0.29) is 24.2 Å². The summed E-state index contributed by atoms with van der Waals surface area (Å²) in [4.78, 5) is 31.2. The number of piperazine rings is 1. The minimum absolute atomic E-state index is 0.00581. The number of aromatic nitrogens is 2. The van der Waals surface area contributed by atoms with Gasteiger partial charge in [0, 0.05) is 50.9 Å². The molecule has 0 aliphatic carbocycles. The summed E-state index contributed by atoms with van der Waals surface area (Å²) in [7, 11) is 0. The van der Waals surface area contributed by atoms with Crippen molar-refractivity contribution in [2.75, 3.05) is 42.5 Å². The van der Waals surface area contributed by atoms with Gasteiger partial charge in [-0.25, -0.2) is 0 Å². The van der Waals surface area contributed by atoms with Crippen LogP contribution in [0.4, 0.5) is 11.5 Å². The number of carbonyl (C=O) groups is 2. The highest BCUT2D eigenvalue weighted by molar-refractivity contribution is 6.00. The molecule has 2 aliphatic heterocycles. The van der Waals surface area contributed by atoms with Crippen LogP contribution in [0.1, 0.15) is 6.42 Å². The number of amides is 2. The van der Waals surface area contributed by atoms with E-state index in [2.05, 4.69) is 15.1 Å². The van der Waals surface area contributed by atoms with Crippen LogP contribution < -0.4 is 14.5 Å². The van der Waals surface area contributed by atoms with Gasteiger partial charge in [0.25, 0.3) is 0 Å². The highest BCUT2D eigenvalue weighted by Crippen LogP contribution is 2.27. The van der Waals surface area contributed by atoms with Crippen LogP contribution in [-0.4, -0.2) is 59.6 Å². The number of carbonyl (C=O) groups excluding carboxylic acids is 2. The number of hydrogen-bond donors (Lipinski definition) is 0. The summed E-state index contributed by atoms with van der Waals surface area (Å²) < 4.78 is 5.70. The standard InChI is InChI=1S/C25H25N5O3/c31-24-17-19(18-30(24)20-7-3-1-4-8-20)25(32)29-15-13-28(14-16-29)22-11-12-23(27-26-22)33-21-9-5-2-6-10-21/h1-12,19H,13-18H2. The van der Waals surface area contributed by atoms with Gasteiger partial charge in [-0.3, -0.25) is 9.59 Å². The molecule has 2 amide bonds. The normalized spacial score (nSPS) is 18.5. The van der Waals surface area contributed by atoms with Crippen molar-refractivity contribution in [3.63, 3.8) is 0 Å². The molecule has 168 valence electrons. The predicted molar refractivity (Wildman–Crippen MR) is 124 cm³/mol. The molecule has 0 spiro atoms. The molecule has 5 rings (SSSR count). The molecule has 2 saturated heterocycles.